The second-order valence-electron chi connectivity index (χ2n) is 5.35. The Hall–Kier alpha value is -1.13. The van der Waals surface area contributed by atoms with E-state index in [4.69, 9.17) is 9.31 Å². The fourth-order valence-electron chi connectivity index (χ4n) is 1.91. The lowest BCUT2D eigenvalue weighted by atomic mass is 9.73. The maximum atomic E-state index is 10.7. The average Bonchev–Trinajstić information content (AvgIpc) is 2.29. The van der Waals surface area contributed by atoms with Gasteiger partial charge in [-0.25, -0.2) is 0 Å². The summed E-state index contributed by atoms with van der Waals surface area (Å²) in [6.45, 7) is 7.57. The smallest absolute Gasteiger partial charge is 0.407 e. The van der Waals surface area contributed by atoms with E-state index in [0.717, 1.165) is 17.3 Å². The molecule has 0 atom stereocenters. The van der Waals surface area contributed by atoms with Gasteiger partial charge in [0.2, 0.25) is 0 Å². The predicted octanol–water partition coefficient (Wildman–Crippen LogP) is 1.58. The molecule has 1 saturated heterocycles. The van der Waals surface area contributed by atoms with Gasteiger partial charge in [0.15, 0.2) is 0 Å². The maximum absolute atomic E-state index is 10.7. The van der Waals surface area contributed by atoms with Crippen molar-refractivity contribution in [3.8, 4) is 0 Å². The molecular formula is C13H17BO3. The van der Waals surface area contributed by atoms with Crippen LogP contribution < -0.4 is 5.46 Å². The monoisotopic (exact) mass is 232 g/mol. The molecule has 1 aromatic rings. The molecule has 0 aliphatic carbocycles. The molecule has 17 heavy (non-hydrogen) atoms. The summed E-state index contributed by atoms with van der Waals surface area (Å²) in [6.07, 6.45) is 0.850. The quantitative estimate of drug-likeness (QED) is 0.573. The normalized spacial score (nSPS) is 19.1. The molecule has 0 aromatic heterocycles. The van der Waals surface area contributed by atoms with Gasteiger partial charge in [-0.1, -0.05) is 31.5 Å². The minimum atomic E-state index is -0.302. The lowest BCUT2D eigenvalue weighted by Crippen LogP contribution is -2.48. The minimum absolute atomic E-state index is 0.0765. The highest BCUT2D eigenvalue weighted by molar-refractivity contribution is 6.62. The van der Waals surface area contributed by atoms with Gasteiger partial charge in [-0.05, 0) is 18.5 Å². The van der Waals surface area contributed by atoms with Gasteiger partial charge >= 0.3 is 7.12 Å². The van der Waals surface area contributed by atoms with Crippen LogP contribution in [0.25, 0.3) is 0 Å². The van der Waals surface area contributed by atoms with E-state index in [9.17, 15) is 4.79 Å². The van der Waals surface area contributed by atoms with Crippen molar-refractivity contribution >= 4 is 18.9 Å². The molecule has 1 aliphatic heterocycles. The Bertz CT molecular complexity index is 419. The summed E-state index contributed by atoms with van der Waals surface area (Å²) in [7, 11) is -0.302. The largest absolute Gasteiger partial charge is 0.494 e. The fourth-order valence-corrected chi connectivity index (χ4v) is 1.91. The minimum Gasteiger partial charge on any atom is -0.407 e. The van der Waals surface area contributed by atoms with Gasteiger partial charge in [-0.15, -0.1) is 0 Å². The van der Waals surface area contributed by atoms with Gasteiger partial charge < -0.3 is 9.31 Å². The van der Waals surface area contributed by atoms with Crippen molar-refractivity contribution in [1.29, 1.82) is 0 Å². The number of hydrogen-bond donors (Lipinski definition) is 0. The molecule has 0 bridgehead atoms. The van der Waals surface area contributed by atoms with Crippen molar-refractivity contribution in [3.05, 3.63) is 29.3 Å². The van der Waals surface area contributed by atoms with Gasteiger partial charge in [-0.3, -0.25) is 4.79 Å². The van der Waals surface area contributed by atoms with Crippen LogP contribution >= 0.6 is 0 Å². The second-order valence-corrected chi connectivity index (χ2v) is 5.35. The molecular weight excluding hydrogens is 215 g/mol. The zero-order valence-electron chi connectivity index (χ0n) is 10.5. The Labute approximate surface area is 102 Å². The van der Waals surface area contributed by atoms with Gasteiger partial charge in [0.05, 0.1) is 0 Å². The summed E-state index contributed by atoms with van der Waals surface area (Å²) in [4.78, 5) is 10.7. The summed E-state index contributed by atoms with van der Waals surface area (Å²) in [5, 5.41) is 0. The number of aryl methyl sites for hydroxylation is 1. The molecule has 1 aromatic carbocycles. The van der Waals surface area contributed by atoms with Gasteiger partial charge in [0.1, 0.15) is 6.29 Å². The van der Waals surface area contributed by atoms with Crippen LogP contribution in [-0.4, -0.2) is 26.6 Å². The number of hydrogen-bond acceptors (Lipinski definition) is 3. The maximum Gasteiger partial charge on any atom is 0.494 e. The number of rotatable bonds is 2. The number of carbonyl (C=O) groups excluding carboxylic acids is 1. The van der Waals surface area contributed by atoms with Crippen molar-refractivity contribution in [2.75, 3.05) is 13.2 Å². The Balaban J connectivity index is 2.16. The van der Waals surface area contributed by atoms with E-state index in [-0.39, 0.29) is 12.5 Å². The summed E-state index contributed by atoms with van der Waals surface area (Å²) in [5.41, 5.74) is 2.79. The van der Waals surface area contributed by atoms with Crippen molar-refractivity contribution in [3.63, 3.8) is 0 Å². The van der Waals surface area contributed by atoms with Crippen LogP contribution in [0, 0.1) is 12.3 Å². The van der Waals surface area contributed by atoms with Gasteiger partial charge in [-0.2, -0.15) is 0 Å². The lowest BCUT2D eigenvalue weighted by Gasteiger charge is -2.33. The van der Waals surface area contributed by atoms with E-state index in [2.05, 4.69) is 13.8 Å². The number of carbonyl (C=O) groups is 1. The van der Waals surface area contributed by atoms with Crippen LogP contribution in [0.4, 0.5) is 0 Å². The molecule has 0 radical (unpaired) electrons. The molecule has 4 heteroatoms. The van der Waals surface area contributed by atoms with E-state index < -0.39 is 0 Å². The first-order valence-corrected chi connectivity index (χ1v) is 5.81. The average molecular weight is 232 g/mol. The van der Waals surface area contributed by atoms with Crippen LogP contribution in [0.15, 0.2) is 18.2 Å². The van der Waals surface area contributed by atoms with Crippen LogP contribution in [0.1, 0.15) is 29.8 Å². The zero-order chi connectivity index (χ0) is 12.5. The van der Waals surface area contributed by atoms with Crippen LogP contribution in [0.2, 0.25) is 0 Å². The van der Waals surface area contributed by atoms with E-state index in [1.807, 2.05) is 19.1 Å². The molecule has 2 rings (SSSR count). The van der Waals surface area contributed by atoms with Crippen molar-refractivity contribution < 1.29 is 14.1 Å². The summed E-state index contributed by atoms with van der Waals surface area (Å²) in [5.74, 6) is 0. The first-order valence-electron chi connectivity index (χ1n) is 5.81. The summed E-state index contributed by atoms with van der Waals surface area (Å²) >= 11 is 0. The van der Waals surface area contributed by atoms with Crippen molar-refractivity contribution in [2.45, 2.75) is 20.8 Å². The third-order valence-electron chi connectivity index (χ3n) is 2.93. The van der Waals surface area contributed by atoms with Gasteiger partial charge in [0.25, 0.3) is 0 Å². The Morgan fingerprint density at radius 1 is 1.29 bits per heavy atom. The van der Waals surface area contributed by atoms with Crippen LogP contribution in [0.5, 0.6) is 0 Å². The Morgan fingerprint density at radius 2 is 1.94 bits per heavy atom. The number of aldehydes is 1. The molecule has 3 nitrogen and oxygen atoms in total. The number of benzene rings is 1. The third kappa shape index (κ3) is 2.76. The first-order chi connectivity index (χ1) is 8.02. The molecule has 1 aliphatic rings. The van der Waals surface area contributed by atoms with Gasteiger partial charge in [0, 0.05) is 24.2 Å². The fraction of sp³-hybridized carbons (Fsp3) is 0.462. The molecule has 1 fully saturated rings. The van der Waals surface area contributed by atoms with E-state index in [0.29, 0.717) is 18.8 Å². The second kappa shape index (κ2) is 4.63. The summed E-state index contributed by atoms with van der Waals surface area (Å²) in [6, 6.07) is 5.55. The molecule has 90 valence electrons. The van der Waals surface area contributed by atoms with E-state index in [1.54, 1.807) is 6.07 Å². The first kappa shape index (κ1) is 12.3. The van der Waals surface area contributed by atoms with Crippen molar-refractivity contribution in [1.82, 2.24) is 0 Å². The molecule has 0 amide bonds. The molecule has 0 spiro atoms. The third-order valence-corrected chi connectivity index (χ3v) is 2.93. The standard InChI is InChI=1S/C13H17BO3/c1-10-6-11(7-15)4-5-12(10)14-16-8-13(2,3)9-17-14/h4-7H,8-9H2,1-3H3. The van der Waals surface area contributed by atoms with Crippen LogP contribution in [-0.2, 0) is 9.31 Å². The Kier molecular flexibility index (Phi) is 3.36. The van der Waals surface area contributed by atoms with Crippen LogP contribution in [0.3, 0.4) is 0 Å². The SMILES string of the molecule is Cc1cc(C=O)ccc1B1OCC(C)(C)CO1. The lowest BCUT2D eigenvalue weighted by molar-refractivity contribution is 0.0342. The predicted molar refractivity (Wildman–Crippen MR) is 67.6 cm³/mol. The Morgan fingerprint density at radius 3 is 2.47 bits per heavy atom. The molecule has 0 N–H and O–H groups in total. The highest BCUT2D eigenvalue weighted by Crippen LogP contribution is 2.21. The topological polar surface area (TPSA) is 35.5 Å². The van der Waals surface area contributed by atoms with E-state index in [1.165, 1.54) is 0 Å². The van der Waals surface area contributed by atoms with Crippen molar-refractivity contribution in [2.24, 2.45) is 5.41 Å². The van der Waals surface area contributed by atoms with E-state index >= 15 is 0 Å². The highest BCUT2D eigenvalue weighted by Gasteiger charge is 2.34. The molecule has 0 saturated carbocycles. The zero-order valence-corrected chi connectivity index (χ0v) is 10.5. The highest BCUT2D eigenvalue weighted by atomic mass is 16.6. The molecule has 1 heterocycles. The molecule has 0 unspecified atom stereocenters. The summed E-state index contributed by atoms with van der Waals surface area (Å²) < 4.78 is 11.4.